The summed E-state index contributed by atoms with van der Waals surface area (Å²) in [5.74, 6) is 1.39. The van der Waals surface area contributed by atoms with Crippen LogP contribution in [0, 0.1) is 13.2 Å². The van der Waals surface area contributed by atoms with Gasteiger partial charge in [-0.15, -0.1) is 0 Å². The van der Waals surface area contributed by atoms with Gasteiger partial charge in [-0.1, -0.05) is 164 Å². The van der Waals surface area contributed by atoms with Crippen LogP contribution in [-0.4, -0.2) is 14.1 Å². The van der Waals surface area contributed by atoms with Gasteiger partial charge in [0.25, 0.3) is 6.33 Å². The molecule has 65 heavy (non-hydrogen) atoms. The number of hydrogen-bond donors (Lipinski definition) is 0. The molecule has 0 aliphatic heterocycles. The Labute approximate surface area is 393 Å². The number of hydrogen-bond acceptors (Lipinski definition) is 2. The van der Waals surface area contributed by atoms with Gasteiger partial charge < -0.3 is 4.74 Å². The third kappa shape index (κ3) is 6.84. The minimum absolute atomic E-state index is 0.0427. The Morgan fingerprint density at radius 1 is 0.677 bits per heavy atom. The van der Waals surface area contributed by atoms with Gasteiger partial charge in [0.15, 0.2) is 0 Å². The highest BCUT2D eigenvalue weighted by Crippen LogP contribution is 2.50. The molecule has 3 aromatic heterocycles. The number of aromatic nitrogens is 4. The fourth-order valence-corrected chi connectivity index (χ4v) is 10.4. The molecule has 0 bridgehead atoms. The van der Waals surface area contributed by atoms with Gasteiger partial charge >= 0.3 is 0 Å². The fraction of sp³-hybridized carbons (Fsp3) is 0.200. The maximum atomic E-state index is 8.63. The second-order valence-electron chi connectivity index (χ2n) is 19.6. The van der Waals surface area contributed by atoms with E-state index in [0.29, 0.717) is 17.0 Å². The maximum Gasteiger partial charge on any atom is 0.269 e. The molecule has 0 amide bonds. The monoisotopic (exact) mass is 854 g/mol. The van der Waals surface area contributed by atoms with Gasteiger partial charge in [0.1, 0.15) is 17.3 Å². The van der Waals surface area contributed by atoms with Gasteiger partial charge in [0.2, 0.25) is 0 Å². The topological polar surface area (TPSA) is 35.9 Å². The van der Waals surface area contributed by atoms with Crippen molar-refractivity contribution in [2.24, 2.45) is 0 Å². The van der Waals surface area contributed by atoms with Gasteiger partial charge in [-0.3, -0.25) is 13.7 Å². The molecule has 0 unspecified atom stereocenters. The van der Waals surface area contributed by atoms with E-state index < -0.39 is 37.1 Å². The van der Waals surface area contributed by atoms with Crippen LogP contribution < -0.4 is 9.30 Å². The fourth-order valence-electron chi connectivity index (χ4n) is 10.4. The van der Waals surface area contributed by atoms with E-state index in [1.807, 2.05) is 77.4 Å². The lowest BCUT2D eigenvalue weighted by molar-refractivity contribution is -0.572. The Hall–Kier alpha value is -7.24. The molecule has 11 rings (SSSR count). The van der Waals surface area contributed by atoms with E-state index in [2.05, 4.69) is 119 Å². The zero-order valence-electron chi connectivity index (χ0n) is 45.7. The van der Waals surface area contributed by atoms with Crippen LogP contribution in [0.1, 0.15) is 88.1 Å². The minimum Gasteiger partial charge on any atom is -0.458 e. The zero-order chi connectivity index (χ0) is 51.7. The molecule has 7 aromatic carbocycles. The number of rotatable bonds is 7. The summed E-state index contributed by atoms with van der Waals surface area (Å²) in [6.07, 6.45) is 6.19. The molecule has 0 saturated heterocycles. The Kier molecular flexibility index (Phi) is 7.44. The standard InChI is InChI=1S/C60H54N4O/c1-39-32-56(61-36-48(39)40-18-10-9-11-19-40)64-52-25-13-12-22-46(52)47-30-29-44(35-55(47)64)65-43-21-16-20-42(34-43)62-38-63(54-27-15-14-26-53(54)62)57-45(23-17-24-50(57)58(2,3)4)41-28-31-49-51(33-41)60(7,8)37-59(49,5)6/h9-36H,37H2,1-8H3/i1D3,9D,10D,11D,18D,19D. The van der Waals surface area contributed by atoms with Crippen molar-refractivity contribution >= 4 is 32.8 Å². The van der Waals surface area contributed by atoms with Crippen LogP contribution in [0.2, 0.25) is 0 Å². The highest BCUT2D eigenvalue weighted by Gasteiger charge is 2.42. The first-order valence-electron chi connectivity index (χ1n) is 26.2. The molecule has 1 aliphatic rings. The molecule has 0 spiro atoms. The summed E-state index contributed by atoms with van der Waals surface area (Å²) in [5.41, 5.74) is 11.2. The Morgan fingerprint density at radius 3 is 2.23 bits per heavy atom. The number of para-hydroxylation sites is 4. The van der Waals surface area contributed by atoms with Gasteiger partial charge in [0.05, 0.1) is 40.3 Å². The Morgan fingerprint density at radius 2 is 1.42 bits per heavy atom. The van der Waals surface area contributed by atoms with Crippen molar-refractivity contribution in [2.45, 2.75) is 78.0 Å². The zero-order valence-corrected chi connectivity index (χ0v) is 37.7. The van der Waals surface area contributed by atoms with E-state index in [1.54, 1.807) is 0 Å². The van der Waals surface area contributed by atoms with Crippen LogP contribution >= 0.6 is 0 Å². The van der Waals surface area contributed by atoms with E-state index in [0.717, 1.165) is 50.7 Å². The highest BCUT2D eigenvalue weighted by molar-refractivity contribution is 6.09. The van der Waals surface area contributed by atoms with E-state index in [-0.39, 0.29) is 38.8 Å². The summed E-state index contributed by atoms with van der Waals surface area (Å²) >= 11 is 0. The number of imidazole rings is 1. The first kappa shape index (κ1) is 32.4. The summed E-state index contributed by atoms with van der Waals surface area (Å²) in [4.78, 5) is 4.74. The second-order valence-corrected chi connectivity index (χ2v) is 19.6. The summed E-state index contributed by atoms with van der Waals surface area (Å²) in [5, 5.41) is 1.78. The van der Waals surface area contributed by atoms with Gasteiger partial charge in [-0.25, -0.2) is 4.98 Å². The third-order valence-electron chi connectivity index (χ3n) is 13.1. The molecule has 5 nitrogen and oxygen atoms in total. The summed E-state index contributed by atoms with van der Waals surface area (Å²) in [6.45, 7) is 13.5. The van der Waals surface area contributed by atoms with Crippen molar-refractivity contribution in [1.29, 1.82) is 0 Å². The van der Waals surface area contributed by atoms with Crippen molar-refractivity contribution in [3.05, 3.63) is 198 Å². The van der Waals surface area contributed by atoms with Crippen molar-refractivity contribution in [3.8, 4) is 50.9 Å². The predicted molar refractivity (Wildman–Crippen MR) is 267 cm³/mol. The molecule has 5 heteroatoms. The SMILES string of the molecule is [2H]c1c([2H])c([2H])c(-c2cnc(-n3c4ccccc4c4ccc(Oc5cccc(-n6[c-][n+](-c7c(-c8ccc9c(c8)C(C)(C)CC9(C)C)cccc7C(C)(C)C)c7ccccc76)c5)cc43)cc2C([2H])([2H])[2H])c([2H])c1[2H]. The lowest BCUT2D eigenvalue weighted by Gasteiger charge is -2.26. The molecule has 3 heterocycles. The molecule has 0 radical (unpaired) electrons. The van der Waals surface area contributed by atoms with Crippen LogP contribution in [-0.2, 0) is 16.2 Å². The average molecular weight is 855 g/mol. The number of fused-ring (bicyclic) bond motifs is 5. The number of ether oxygens (including phenoxy) is 1. The van der Waals surface area contributed by atoms with Crippen molar-refractivity contribution in [2.75, 3.05) is 0 Å². The summed E-state index contributed by atoms with van der Waals surface area (Å²) < 4.78 is 80.5. The smallest absolute Gasteiger partial charge is 0.269 e. The van der Waals surface area contributed by atoms with Crippen LogP contribution in [0.5, 0.6) is 11.5 Å². The van der Waals surface area contributed by atoms with Crippen molar-refractivity contribution < 1.29 is 20.3 Å². The molecule has 0 saturated carbocycles. The van der Waals surface area contributed by atoms with Crippen LogP contribution in [0.15, 0.2) is 170 Å². The van der Waals surface area contributed by atoms with E-state index in [4.69, 9.17) is 20.7 Å². The average Bonchev–Trinajstić information content (AvgIpc) is 3.96. The van der Waals surface area contributed by atoms with Crippen molar-refractivity contribution in [1.82, 2.24) is 14.1 Å². The van der Waals surface area contributed by atoms with E-state index in [9.17, 15) is 0 Å². The van der Waals surface area contributed by atoms with Gasteiger partial charge in [-0.05, 0) is 111 Å². The number of pyridine rings is 1. The first-order valence-corrected chi connectivity index (χ1v) is 22.2. The van der Waals surface area contributed by atoms with Crippen molar-refractivity contribution in [3.63, 3.8) is 0 Å². The predicted octanol–water partition coefficient (Wildman–Crippen LogP) is 14.9. The number of nitrogens with zero attached hydrogens (tertiary/aromatic N) is 4. The molecule has 0 atom stereocenters. The quantitative estimate of drug-likeness (QED) is 0.118. The minimum atomic E-state index is -2.73. The van der Waals surface area contributed by atoms with Crippen LogP contribution in [0.4, 0.5) is 0 Å². The summed E-state index contributed by atoms with van der Waals surface area (Å²) in [7, 11) is 0. The third-order valence-corrected chi connectivity index (χ3v) is 13.1. The van der Waals surface area contributed by atoms with E-state index in [1.165, 1.54) is 34.5 Å². The van der Waals surface area contributed by atoms with Crippen LogP contribution in [0.3, 0.4) is 0 Å². The summed E-state index contributed by atoms with van der Waals surface area (Å²) in [6, 6.07) is 42.3. The lowest BCUT2D eigenvalue weighted by atomic mass is 9.81. The molecular formula is C60H54N4O. The highest BCUT2D eigenvalue weighted by atomic mass is 16.5. The Balaban J connectivity index is 1.01. The van der Waals surface area contributed by atoms with Gasteiger partial charge in [0, 0.05) is 32.7 Å². The molecule has 0 fully saturated rings. The second kappa shape index (κ2) is 14.9. The first-order chi connectivity index (χ1) is 34.5. The normalized spacial score (nSPS) is 16.3. The van der Waals surface area contributed by atoms with Crippen LogP contribution in [0.25, 0.3) is 72.3 Å². The number of benzene rings is 7. The maximum absolute atomic E-state index is 8.63. The van der Waals surface area contributed by atoms with E-state index >= 15 is 0 Å². The lowest BCUT2D eigenvalue weighted by Crippen LogP contribution is -2.34. The van der Waals surface area contributed by atoms with Gasteiger partial charge in [-0.2, -0.15) is 0 Å². The largest absolute Gasteiger partial charge is 0.458 e. The number of aryl methyl sites for hydroxylation is 1. The molecule has 0 N–H and O–H groups in total. The molecular weight excluding hydrogens is 793 g/mol. The molecule has 1 aliphatic carbocycles. The Bertz CT molecular complexity index is 3880. The molecule has 10 aromatic rings. The molecule has 320 valence electrons.